The Labute approximate surface area is 74.9 Å². The van der Waals surface area contributed by atoms with Crippen molar-refractivity contribution in [2.24, 2.45) is 0 Å². The molecular weight excluding hydrogens is 184 g/mol. The minimum Gasteiger partial charge on any atom is -0.477 e. The van der Waals surface area contributed by atoms with Gasteiger partial charge in [-0.25, -0.2) is 4.79 Å². The number of alkyl halides is 2. The van der Waals surface area contributed by atoms with Gasteiger partial charge in [0.2, 0.25) is 0 Å². The fraction of sp³-hybridized carbons (Fsp3) is 0.857. The van der Waals surface area contributed by atoms with Crippen molar-refractivity contribution >= 4 is 5.97 Å². The van der Waals surface area contributed by atoms with Crippen LogP contribution in [0.1, 0.15) is 6.42 Å². The lowest BCUT2D eigenvalue weighted by molar-refractivity contribution is -0.164. The standard InChI is InChI=1S/C7H13F2NO3/c1-13-4-2-3-10-5-7(8,9)6(11)12/h10H,2-5H2,1H3,(H,11,12). The molecule has 0 saturated heterocycles. The molecule has 0 atom stereocenters. The second kappa shape index (κ2) is 5.82. The molecule has 4 nitrogen and oxygen atoms in total. The molecule has 0 aromatic rings. The molecule has 0 saturated carbocycles. The molecule has 0 rings (SSSR count). The van der Waals surface area contributed by atoms with Gasteiger partial charge in [-0.3, -0.25) is 0 Å². The van der Waals surface area contributed by atoms with E-state index in [1.807, 2.05) is 0 Å². The van der Waals surface area contributed by atoms with E-state index in [0.29, 0.717) is 19.6 Å². The number of carboxylic acids is 1. The smallest absolute Gasteiger partial charge is 0.375 e. The average Bonchev–Trinajstić information content (AvgIpc) is 2.03. The molecule has 0 aliphatic carbocycles. The highest BCUT2D eigenvalue weighted by Crippen LogP contribution is 2.11. The molecule has 0 bridgehead atoms. The predicted octanol–water partition coefficient (Wildman–Crippen LogP) is 0.332. The fourth-order valence-electron chi connectivity index (χ4n) is 0.662. The average molecular weight is 197 g/mol. The van der Waals surface area contributed by atoms with Gasteiger partial charge in [-0.15, -0.1) is 0 Å². The zero-order chi connectivity index (χ0) is 10.3. The van der Waals surface area contributed by atoms with Gasteiger partial charge in [-0.2, -0.15) is 8.78 Å². The van der Waals surface area contributed by atoms with Gasteiger partial charge in [-0.1, -0.05) is 0 Å². The molecule has 0 aromatic carbocycles. The van der Waals surface area contributed by atoms with Gasteiger partial charge < -0.3 is 15.2 Å². The van der Waals surface area contributed by atoms with E-state index in [4.69, 9.17) is 5.11 Å². The van der Waals surface area contributed by atoms with Crippen LogP contribution in [0.5, 0.6) is 0 Å². The van der Waals surface area contributed by atoms with E-state index in [9.17, 15) is 13.6 Å². The largest absolute Gasteiger partial charge is 0.477 e. The van der Waals surface area contributed by atoms with Crippen LogP contribution in [0.4, 0.5) is 8.78 Å². The van der Waals surface area contributed by atoms with Crippen molar-refractivity contribution in [3.8, 4) is 0 Å². The zero-order valence-electron chi connectivity index (χ0n) is 7.35. The monoisotopic (exact) mass is 197 g/mol. The maximum absolute atomic E-state index is 12.4. The molecule has 0 fully saturated rings. The second-order valence-corrected chi connectivity index (χ2v) is 2.53. The van der Waals surface area contributed by atoms with Gasteiger partial charge in [-0.05, 0) is 13.0 Å². The third-order valence-electron chi connectivity index (χ3n) is 1.36. The molecule has 0 heterocycles. The van der Waals surface area contributed by atoms with E-state index in [1.165, 1.54) is 7.11 Å². The Hall–Kier alpha value is -0.750. The minimum atomic E-state index is -3.69. The lowest BCUT2D eigenvalue weighted by Crippen LogP contribution is -2.40. The lowest BCUT2D eigenvalue weighted by atomic mass is 10.3. The molecule has 0 amide bonds. The van der Waals surface area contributed by atoms with Crippen LogP contribution in [-0.4, -0.2) is 43.8 Å². The topological polar surface area (TPSA) is 58.6 Å². The molecule has 0 aliphatic rings. The van der Waals surface area contributed by atoms with Crippen molar-refractivity contribution in [3.05, 3.63) is 0 Å². The van der Waals surface area contributed by atoms with Crippen molar-refractivity contribution in [2.75, 3.05) is 26.8 Å². The summed E-state index contributed by atoms with van der Waals surface area (Å²) in [6.45, 7) is -0.0611. The number of hydrogen-bond donors (Lipinski definition) is 2. The maximum atomic E-state index is 12.4. The number of methoxy groups -OCH3 is 1. The van der Waals surface area contributed by atoms with Crippen LogP contribution in [0, 0.1) is 0 Å². The third kappa shape index (κ3) is 5.48. The van der Waals surface area contributed by atoms with E-state index in [0.717, 1.165) is 0 Å². The van der Waals surface area contributed by atoms with E-state index < -0.39 is 18.4 Å². The number of aliphatic carboxylic acids is 1. The number of halogens is 2. The first-order chi connectivity index (χ1) is 6.00. The molecule has 6 heteroatoms. The van der Waals surface area contributed by atoms with Gasteiger partial charge in [0.25, 0.3) is 0 Å². The van der Waals surface area contributed by atoms with Gasteiger partial charge in [0, 0.05) is 13.7 Å². The molecule has 2 N–H and O–H groups in total. The number of nitrogens with one attached hydrogen (secondary N) is 1. The van der Waals surface area contributed by atoms with Gasteiger partial charge in [0.1, 0.15) is 0 Å². The number of carboxylic acid groups (broad SMARTS) is 1. The van der Waals surface area contributed by atoms with Crippen LogP contribution >= 0.6 is 0 Å². The first-order valence-corrected chi connectivity index (χ1v) is 3.81. The summed E-state index contributed by atoms with van der Waals surface area (Å²) in [6, 6.07) is 0. The summed E-state index contributed by atoms with van der Waals surface area (Å²) in [5.74, 6) is -5.79. The number of hydrogen-bond acceptors (Lipinski definition) is 3. The number of ether oxygens (including phenoxy) is 1. The van der Waals surface area contributed by atoms with Crippen LogP contribution in [-0.2, 0) is 9.53 Å². The van der Waals surface area contributed by atoms with Crippen molar-refractivity contribution < 1.29 is 23.4 Å². The van der Waals surface area contributed by atoms with E-state index in [2.05, 4.69) is 10.1 Å². The molecule has 0 radical (unpaired) electrons. The number of carbonyl (C=O) groups is 1. The normalized spacial score (nSPS) is 11.6. The van der Waals surface area contributed by atoms with Crippen LogP contribution in [0.3, 0.4) is 0 Å². The Morgan fingerprint density at radius 1 is 1.62 bits per heavy atom. The summed E-state index contributed by atoms with van der Waals surface area (Å²) in [7, 11) is 1.51. The first kappa shape index (κ1) is 12.2. The van der Waals surface area contributed by atoms with Crippen LogP contribution in [0.15, 0.2) is 0 Å². The predicted molar refractivity (Wildman–Crippen MR) is 41.9 cm³/mol. The van der Waals surface area contributed by atoms with Crippen molar-refractivity contribution in [1.29, 1.82) is 0 Å². The summed E-state index contributed by atoms with van der Waals surface area (Å²) >= 11 is 0. The van der Waals surface area contributed by atoms with Crippen LogP contribution in [0.25, 0.3) is 0 Å². The van der Waals surface area contributed by atoms with Gasteiger partial charge >= 0.3 is 11.9 Å². The maximum Gasteiger partial charge on any atom is 0.375 e. The Bertz CT molecular complexity index is 164. The number of rotatable bonds is 7. The SMILES string of the molecule is COCCCNCC(F)(F)C(=O)O. The van der Waals surface area contributed by atoms with Crippen molar-refractivity contribution in [3.63, 3.8) is 0 Å². The zero-order valence-corrected chi connectivity index (χ0v) is 7.35. The van der Waals surface area contributed by atoms with E-state index in [-0.39, 0.29) is 0 Å². The Balaban J connectivity index is 3.46. The summed E-state index contributed by atoms with van der Waals surface area (Å²) in [5, 5.41) is 10.4. The van der Waals surface area contributed by atoms with E-state index >= 15 is 0 Å². The molecule has 0 unspecified atom stereocenters. The van der Waals surface area contributed by atoms with Crippen LogP contribution < -0.4 is 5.32 Å². The molecule has 13 heavy (non-hydrogen) atoms. The van der Waals surface area contributed by atoms with Gasteiger partial charge in [0.15, 0.2) is 0 Å². The van der Waals surface area contributed by atoms with Gasteiger partial charge in [0.05, 0.1) is 6.54 Å². The fourth-order valence-corrected chi connectivity index (χ4v) is 0.662. The van der Waals surface area contributed by atoms with Crippen molar-refractivity contribution in [1.82, 2.24) is 5.32 Å². The highest BCUT2D eigenvalue weighted by atomic mass is 19.3. The molecule has 0 aliphatic heterocycles. The Morgan fingerprint density at radius 2 is 2.23 bits per heavy atom. The molecule has 78 valence electrons. The van der Waals surface area contributed by atoms with Crippen LogP contribution in [0.2, 0.25) is 0 Å². The highest BCUT2D eigenvalue weighted by molar-refractivity contribution is 5.75. The van der Waals surface area contributed by atoms with Crippen molar-refractivity contribution in [2.45, 2.75) is 12.3 Å². The molecule has 0 aromatic heterocycles. The summed E-state index contributed by atoms with van der Waals surface area (Å²) < 4.78 is 29.4. The lowest BCUT2D eigenvalue weighted by Gasteiger charge is -2.11. The molecular formula is C7H13F2NO3. The highest BCUT2D eigenvalue weighted by Gasteiger charge is 2.37. The summed E-state index contributed by atoms with van der Waals surface area (Å²) in [5.41, 5.74) is 0. The summed E-state index contributed by atoms with van der Waals surface area (Å²) in [4.78, 5) is 9.93. The quantitative estimate of drug-likeness (QED) is 0.577. The second-order valence-electron chi connectivity index (χ2n) is 2.53. The first-order valence-electron chi connectivity index (χ1n) is 3.81. The Morgan fingerprint density at radius 3 is 2.69 bits per heavy atom. The molecule has 0 spiro atoms. The van der Waals surface area contributed by atoms with E-state index in [1.54, 1.807) is 0 Å². The Kier molecular flexibility index (Phi) is 5.48. The summed E-state index contributed by atoms with van der Waals surface area (Å²) in [6.07, 6.45) is 0.576. The minimum absolute atomic E-state index is 0.316. The third-order valence-corrected chi connectivity index (χ3v) is 1.36.